The van der Waals surface area contributed by atoms with Crippen LogP contribution in [-0.2, 0) is 0 Å². The molecule has 4 nitrogen and oxygen atoms in total. The van der Waals surface area contributed by atoms with Crippen LogP contribution in [0.1, 0.15) is 13.3 Å². The summed E-state index contributed by atoms with van der Waals surface area (Å²) in [6.45, 7) is 2.70. The Balaban J connectivity index is 2.21. The lowest BCUT2D eigenvalue weighted by Gasteiger charge is -2.09. The van der Waals surface area contributed by atoms with Crippen molar-refractivity contribution < 1.29 is 4.79 Å². The van der Waals surface area contributed by atoms with Gasteiger partial charge in [0.15, 0.2) is 0 Å². The molecule has 2 aromatic rings. The second kappa shape index (κ2) is 5.30. The summed E-state index contributed by atoms with van der Waals surface area (Å²) in [5.74, 6) is 0. The van der Waals surface area contributed by atoms with Crippen LogP contribution < -0.4 is 10.6 Å². The molecule has 0 spiro atoms. The maximum atomic E-state index is 11.6. The van der Waals surface area contributed by atoms with Crippen molar-refractivity contribution in [2.24, 2.45) is 0 Å². The molecular formula is C13H15N3O. The predicted octanol–water partition coefficient (Wildman–Crippen LogP) is 2.77. The molecule has 0 radical (unpaired) electrons. The third-order valence-electron chi connectivity index (χ3n) is 2.46. The van der Waals surface area contributed by atoms with E-state index in [2.05, 4.69) is 15.6 Å². The second-order valence-electron chi connectivity index (χ2n) is 3.78. The highest BCUT2D eigenvalue weighted by molar-refractivity contribution is 6.01. The van der Waals surface area contributed by atoms with Gasteiger partial charge in [0.25, 0.3) is 0 Å². The van der Waals surface area contributed by atoms with E-state index < -0.39 is 0 Å². The fraction of sp³-hybridized carbons (Fsp3) is 0.231. The number of urea groups is 1. The minimum absolute atomic E-state index is 0.170. The number of carbonyl (C=O) groups is 1. The molecule has 4 heteroatoms. The van der Waals surface area contributed by atoms with Crippen LogP contribution in [0.2, 0.25) is 0 Å². The number of benzene rings is 1. The molecule has 0 aliphatic heterocycles. The normalized spacial score (nSPS) is 10.2. The Hall–Kier alpha value is -2.10. The van der Waals surface area contributed by atoms with Gasteiger partial charge in [0, 0.05) is 29.7 Å². The average Bonchev–Trinajstić information content (AvgIpc) is 2.37. The standard InChI is InChI=1S/C13H15N3O/c1-2-7-15-13(17)16-12-5-3-4-10-9-14-8-6-11(10)12/h3-6,8-9H,2,7H2,1H3,(H2,15,16,17). The number of hydrogen-bond acceptors (Lipinski definition) is 2. The Kier molecular flexibility index (Phi) is 3.55. The first kappa shape index (κ1) is 11.4. The van der Waals surface area contributed by atoms with Gasteiger partial charge in [0.1, 0.15) is 0 Å². The lowest BCUT2D eigenvalue weighted by Crippen LogP contribution is -2.29. The summed E-state index contributed by atoms with van der Waals surface area (Å²) in [7, 11) is 0. The quantitative estimate of drug-likeness (QED) is 0.850. The predicted molar refractivity (Wildman–Crippen MR) is 69.1 cm³/mol. The van der Waals surface area contributed by atoms with E-state index in [-0.39, 0.29) is 6.03 Å². The smallest absolute Gasteiger partial charge is 0.319 e. The minimum Gasteiger partial charge on any atom is -0.338 e. The summed E-state index contributed by atoms with van der Waals surface area (Å²) in [4.78, 5) is 15.6. The first-order valence-corrected chi connectivity index (χ1v) is 5.69. The Morgan fingerprint density at radius 3 is 3.06 bits per heavy atom. The molecule has 1 aromatic carbocycles. The van der Waals surface area contributed by atoms with E-state index >= 15 is 0 Å². The van der Waals surface area contributed by atoms with Crippen molar-refractivity contribution in [2.45, 2.75) is 13.3 Å². The van der Waals surface area contributed by atoms with Crippen LogP contribution in [0.5, 0.6) is 0 Å². The highest BCUT2D eigenvalue weighted by atomic mass is 16.2. The zero-order valence-electron chi connectivity index (χ0n) is 9.73. The number of nitrogens with one attached hydrogen (secondary N) is 2. The third-order valence-corrected chi connectivity index (χ3v) is 2.46. The molecule has 0 saturated carbocycles. The van der Waals surface area contributed by atoms with Gasteiger partial charge in [-0.3, -0.25) is 4.98 Å². The first-order chi connectivity index (χ1) is 8.31. The summed E-state index contributed by atoms with van der Waals surface area (Å²) >= 11 is 0. The summed E-state index contributed by atoms with van der Waals surface area (Å²) in [6, 6.07) is 7.48. The molecule has 2 N–H and O–H groups in total. The molecule has 0 aliphatic carbocycles. The molecule has 2 amide bonds. The van der Waals surface area contributed by atoms with Crippen molar-refractivity contribution in [3.05, 3.63) is 36.7 Å². The van der Waals surface area contributed by atoms with E-state index in [0.29, 0.717) is 6.54 Å². The van der Waals surface area contributed by atoms with Crippen molar-refractivity contribution in [1.82, 2.24) is 10.3 Å². The van der Waals surface area contributed by atoms with Crippen molar-refractivity contribution in [1.29, 1.82) is 0 Å². The van der Waals surface area contributed by atoms with Crippen LogP contribution in [0.3, 0.4) is 0 Å². The number of fused-ring (bicyclic) bond motifs is 1. The van der Waals surface area contributed by atoms with Gasteiger partial charge in [-0.05, 0) is 18.6 Å². The summed E-state index contributed by atoms with van der Waals surface area (Å²) < 4.78 is 0. The zero-order valence-corrected chi connectivity index (χ0v) is 9.73. The number of pyridine rings is 1. The van der Waals surface area contributed by atoms with Gasteiger partial charge in [-0.2, -0.15) is 0 Å². The number of amides is 2. The average molecular weight is 229 g/mol. The van der Waals surface area contributed by atoms with Gasteiger partial charge in [-0.15, -0.1) is 0 Å². The maximum Gasteiger partial charge on any atom is 0.319 e. The molecule has 1 heterocycles. The molecular weight excluding hydrogens is 214 g/mol. The molecule has 2 rings (SSSR count). The van der Waals surface area contributed by atoms with Gasteiger partial charge >= 0.3 is 6.03 Å². The fourth-order valence-corrected chi connectivity index (χ4v) is 1.64. The highest BCUT2D eigenvalue weighted by Crippen LogP contribution is 2.21. The molecule has 0 fully saturated rings. The van der Waals surface area contributed by atoms with Crippen LogP contribution in [-0.4, -0.2) is 17.6 Å². The summed E-state index contributed by atoms with van der Waals surface area (Å²) in [5.41, 5.74) is 0.804. The van der Waals surface area contributed by atoms with Gasteiger partial charge < -0.3 is 10.6 Å². The number of rotatable bonds is 3. The lowest BCUT2D eigenvalue weighted by molar-refractivity contribution is 0.252. The number of hydrogen-bond donors (Lipinski definition) is 2. The highest BCUT2D eigenvalue weighted by Gasteiger charge is 2.04. The van der Waals surface area contributed by atoms with Crippen LogP contribution >= 0.6 is 0 Å². The fourth-order valence-electron chi connectivity index (χ4n) is 1.64. The van der Waals surface area contributed by atoms with E-state index in [1.165, 1.54) is 0 Å². The van der Waals surface area contributed by atoms with Crippen molar-refractivity contribution in [2.75, 3.05) is 11.9 Å². The molecule has 17 heavy (non-hydrogen) atoms. The molecule has 0 bridgehead atoms. The first-order valence-electron chi connectivity index (χ1n) is 5.69. The molecule has 0 atom stereocenters. The van der Waals surface area contributed by atoms with E-state index in [0.717, 1.165) is 22.9 Å². The Labute approximate surface area is 100 Å². The summed E-state index contributed by atoms with van der Waals surface area (Å²) in [5, 5.41) is 7.63. The SMILES string of the molecule is CCCNC(=O)Nc1cccc2cnccc12. The van der Waals surface area contributed by atoms with E-state index in [4.69, 9.17) is 0 Å². The molecule has 0 unspecified atom stereocenters. The minimum atomic E-state index is -0.170. The van der Waals surface area contributed by atoms with Crippen LogP contribution in [0.15, 0.2) is 36.7 Å². The number of aromatic nitrogens is 1. The number of carbonyl (C=O) groups excluding carboxylic acids is 1. The van der Waals surface area contributed by atoms with Crippen molar-refractivity contribution in [3.8, 4) is 0 Å². The van der Waals surface area contributed by atoms with Gasteiger partial charge in [-0.1, -0.05) is 19.1 Å². The van der Waals surface area contributed by atoms with Crippen LogP contribution in [0.25, 0.3) is 10.8 Å². The van der Waals surface area contributed by atoms with Crippen molar-refractivity contribution in [3.63, 3.8) is 0 Å². The molecule has 88 valence electrons. The summed E-state index contributed by atoms with van der Waals surface area (Å²) in [6.07, 6.45) is 4.43. The zero-order chi connectivity index (χ0) is 12.1. The maximum absolute atomic E-state index is 11.6. The number of anilines is 1. The van der Waals surface area contributed by atoms with E-state index in [1.807, 2.05) is 31.2 Å². The van der Waals surface area contributed by atoms with E-state index in [9.17, 15) is 4.79 Å². The monoisotopic (exact) mass is 229 g/mol. The second-order valence-corrected chi connectivity index (χ2v) is 3.78. The molecule has 0 aliphatic rings. The van der Waals surface area contributed by atoms with Crippen molar-refractivity contribution >= 4 is 22.5 Å². The Morgan fingerprint density at radius 2 is 2.24 bits per heavy atom. The third kappa shape index (κ3) is 2.72. The topological polar surface area (TPSA) is 54.0 Å². The Morgan fingerprint density at radius 1 is 1.35 bits per heavy atom. The van der Waals surface area contributed by atoms with E-state index in [1.54, 1.807) is 12.4 Å². The molecule has 0 saturated heterocycles. The molecule has 1 aromatic heterocycles. The van der Waals surface area contributed by atoms with Gasteiger partial charge in [0.2, 0.25) is 0 Å². The Bertz CT molecular complexity index is 520. The van der Waals surface area contributed by atoms with Crippen LogP contribution in [0, 0.1) is 0 Å². The van der Waals surface area contributed by atoms with Crippen LogP contribution in [0.4, 0.5) is 10.5 Å². The number of nitrogens with zero attached hydrogens (tertiary/aromatic N) is 1. The lowest BCUT2D eigenvalue weighted by atomic mass is 10.1. The van der Waals surface area contributed by atoms with Gasteiger partial charge in [-0.25, -0.2) is 4.79 Å². The van der Waals surface area contributed by atoms with Gasteiger partial charge in [0.05, 0.1) is 5.69 Å². The largest absolute Gasteiger partial charge is 0.338 e.